The number of fused-ring (bicyclic) bond motifs is 1. The number of aromatic nitrogens is 1. The number of nitrogens with one attached hydrogen (secondary N) is 4. The molecule has 1 aliphatic heterocycles. The molecule has 10 heteroatoms. The Hall–Kier alpha value is -3.25. The number of hydrogen-bond donors (Lipinski definition) is 4. The number of amides is 3. The van der Waals surface area contributed by atoms with Gasteiger partial charge >= 0.3 is 0 Å². The monoisotopic (exact) mass is 485 g/mol. The van der Waals surface area contributed by atoms with Crippen LogP contribution in [0.2, 0.25) is 5.02 Å². The van der Waals surface area contributed by atoms with Crippen molar-refractivity contribution in [2.75, 3.05) is 13.7 Å². The minimum absolute atomic E-state index is 0.00190. The van der Waals surface area contributed by atoms with Crippen LogP contribution in [0.3, 0.4) is 0 Å². The summed E-state index contributed by atoms with van der Waals surface area (Å²) in [5.74, 6) is -0.0642. The lowest BCUT2D eigenvalue weighted by Gasteiger charge is -2.20. The Balaban J connectivity index is 1.41. The van der Waals surface area contributed by atoms with Gasteiger partial charge in [0.2, 0.25) is 11.8 Å². The molecule has 1 aromatic carbocycles. The fourth-order valence-electron chi connectivity index (χ4n) is 4.31. The number of aromatic amines is 1. The first-order valence-electron chi connectivity index (χ1n) is 11.5. The Morgan fingerprint density at radius 3 is 2.74 bits per heavy atom. The van der Waals surface area contributed by atoms with Crippen molar-refractivity contribution in [3.05, 3.63) is 28.9 Å². The van der Waals surface area contributed by atoms with E-state index in [1.165, 1.54) is 7.11 Å². The van der Waals surface area contributed by atoms with Crippen molar-refractivity contribution in [2.45, 2.75) is 50.6 Å². The molecule has 1 saturated carbocycles. The van der Waals surface area contributed by atoms with Crippen LogP contribution in [0, 0.1) is 23.2 Å². The number of carbonyl (C=O) groups is 3. The van der Waals surface area contributed by atoms with Crippen LogP contribution in [0.15, 0.2) is 18.2 Å². The van der Waals surface area contributed by atoms with Gasteiger partial charge in [0.15, 0.2) is 0 Å². The molecule has 34 heavy (non-hydrogen) atoms. The quantitative estimate of drug-likeness (QED) is 0.410. The molecule has 180 valence electrons. The number of ether oxygens (including phenoxy) is 1. The van der Waals surface area contributed by atoms with Gasteiger partial charge in [-0.25, -0.2) is 0 Å². The first-order valence-corrected chi connectivity index (χ1v) is 11.9. The van der Waals surface area contributed by atoms with Crippen LogP contribution >= 0.6 is 11.6 Å². The number of nitrogens with zero attached hydrogens (tertiary/aromatic N) is 1. The zero-order valence-corrected chi connectivity index (χ0v) is 19.7. The Bertz CT molecular complexity index is 1140. The third-order valence-electron chi connectivity index (χ3n) is 6.49. The molecule has 2 aliphatic rings. The van der Waals surface area contributed by atoms with Gasteiger partial charge in [0.25, 0.3) is 5.91 Å². The smallest absolute Gasteiger partial charge is 0.268 e. The molecule has 0 spiro atoms. The second-order valence-electron chi connectivity index (χ2n) is 8.98. The van der Waals surface area contributed by atoms with E-state index < -0.39 is 23.9 Å². The van der Waals surface area contributed by atoms with E-state index >= 15 is 0 Å². The van der Waals surface area contributed by atoms with Crippen molar-refractivity contribution in [1.82, 2.24) is 20.9 Å². The van der Waals surface area contributed by atoms with E-state index in [0.717, 1.165) is 19.3 Å². The summed E-state index contributed by atoms with van der Waals surface area (Å²) < 4.78 is 5.23. The molecule has 2 aromatic rings. The molecule has 2 heterocycles. The highest BCUT2D eigenvalue weighted by molar-refractivity contribution is 6.37. The first-order chi connectivity index (χ1) is 16.4. The summed E-state index contributed by atoms with van der Waals surface area (Å²) in [6, 6.07) is 5.74. The number of H-pyrrole nitrogens is 1. The second kappa shape index (κ2) is 10.3. The Kier molecular flexibility index (Phi) is 7.27. The van der Waals surface area contributed by atoms with E-state index in [4.69, 9.17) is 16.3 Å². The maximum Gasteiger partial charge on any atom is 0.268 e. The van der Waals surface area contributed by atoms with Gasteiger partial charge in [0, 0.05) is 23.4 Å². The second-order valence-corrected chi connectivity index (χ2v) is 9.35. The molecular weight excluding hydrogens is 458 g/mol. The van der Waals surface area contributed by atoms with Crippen LogP contribution in [-0.4, -0.2) is 48.4 Å². The van der Waals surface area contributed by atoms with E-state index in [1.54, 1.807) is 18.2 Å². The van der Waals surface area contributed by atoms with Crippen molar-refractivity contribution in [3.63, 3.8) is 0 Å². The van der Waals surface area contributed by atoms with Gasteiger partial charge in [-0.3, -0.25) is 14.4 Å². The van der Waals surface area contributed by atoms with Gasteiger partial charge in [-0.2, -0.15) is 5.26 Å². The molecule has 3 amide bonds. The summed E-state index contributed by atoms with van der Waals surface area (Å²) >= 11 is 6.36. The van der Waals surface area contributed by atoms with Crippen molar-refractivity contribution < 1.29 is 19.1 Å². The molecule has 0 bridgehead atoms. The lowest BCUT2D eigenvalue weighted by atomic mass is 9.98. The number of nitriles is 1. The molecule has 9 nitrogen and oxygen atoms in total. The van der Waals surface area contributed by atoms with E-state index in [1.807, 2.05) is 0 Å². The molecule has 1 aromatic heterocycles. The van der Waals surface area contributed by atoms with Crippen LogP contribution in [0.4, 0.5) is 0 Å². The average molecular weight is 486 g/mol. The number of methoxy groups -OCH3 is 1. The minimum Gasteiger partial charge on any atom is -0.495 e. The van der Waals surface area contributed by atoms with Crippen molar-refractivity contribution >= 4 is 40.2 Å². The molecule has 2 fully saturated rings. The topological polar surface area (TPSA) is 136 Å². The van der Waals surface area contributed by atoms with Gasteiger partial charge in [0.05, 0.1) is 18.2 Å². The average Bonchev–Trinajstić information content (AvgIpc) is 3.37. The van der Waals surface area contributed by atoms with E-state index in [9.17, 15) is 19.6 Å². The summed E-state index contributed by atoms with van der Waals surface area (Å²) in [5, 5.41) is 18.9. The van der Waals surface area contributed by atoms with E-state index in [2.05, 4.69) is 27.0 Å². The summed E-state index contributed by atoms with van der Waals surface area (Å²) in [6.07, 6.45) is 4.19. The molecule has 4 N–H and O–H groups in total. The van der Waals surface area contributed by atoms with Crippen LogP contribution in [0.1, 0.15) is 49.0 Å². The van der Waals surface area contributed by atoms with Gasteiger partial charge in [-0.1, -0.05) is 24.4 Å². The molecule has 0 radical (unpaired) electrons. The largest absolute Gasteiger partial charge is 0.495 e. The lowest BCUT2D eigenvalue weighted by molar-refractivity contribution is -0.123. The maximum atomic E-state index is 13.0. The predicted molar refractivity (Wildman–Crippen MR) is 126 cm³/mol. The lowest BCUT2D eigenvalue weighted by Crippen LogP contribution is -2.49. The van der Waals surface area contributed by atoms with Gasteiger partial charge < -0.3 is 25.7 Å². The zero-order valence-electron chi connectivity index (χ0n) is 18.9. The normalized spacial score (nSPS) is 19.2. The molecule has 1 aliphatic carbocycles. The van der Waals surface area contributed by atoms with Crippen LogP contribution in [0.5, 0.6) is 5.75 Å². The fraction of sp³-hybridized carbons (Fsp3) is 0.500. The van der Waals surface area contributed by atoms with Gasteiger partial charge in [-0.15, -0.1) is 0 Å². The number of benzene rings is 1. The van der Waals surface area contributed by atoms with Crippen LogP contribution in [0.25, 0.3) is 10.9 Å². The van der Waals surface area contributed by atoms with E-state index in [-0.39, 0.29) is 17.5 Å². The summed E-state index contributed by atoms with van der Waals surface area (Å²) in [4.78, 5) is 40.8. The highest BCUT2D eigenvalue weighted by Crippen LogP contribution is 2.34. The number of hydrogen-bond acceptors (Lipinski definition) is 5. The molecule has 1 saturated heterocycles. The number of halogens is 1. The minimum atomic E-state index is -0.762. The van der Waals surface area contributed by atoms with Crippen LogP contribution in [-0.2, 0) is 9.59 Å². The standard InChI is InChI=1S/C24H28ClN5O4/c1-34-20-7-6-17-16(21(20)25)11-19(29-17)24(33)30-18(10-13-2-3-13)23(32)28-15(12-26)5-4-14-8-9-27-22(14)31/h6-7,11,13-15,18,29H,2-5,8-10H2,1H3,(H,27,31)(H,28,32)(H,30,33)/t14?,15-,18-/m0/s1. The third kappa shape index (κ3) is 5.45. The van der Waals surface area contributed by atoms with Crippen molar-refractivity contribution in [2.24, 2.45) is 11.8 Å². The zero-order chi connectivity index (χ0) is 24.2. The Morgan fingerprint density at radius 2 is 2.09 bits per heavy atom. The Labute approximate surface area is 202 Å². The summed E-state index contributed by atoms with van der Waals surface area (Å²) in [7, 11) is 1.52. The SMILES string of the molecule is COc1ccc2[nH]c(C(=O)N[C@@H](CC3CC3)C(=O)N[C@H](C#N)CCC3CCNC3=O)cc2c1Cl. The van der Waals surface area contributed by atoms with Gasteiger partial charge in [0.1, 0.15) is 23.5 Å². The van der Waals surface area contributed by atoms with Crippen molar-refractivity contribution in [3.8, 4) is 11.8 Å². The fourth-order valence-corrected chi connectivity index (χ4v) is 4.61. The third-order valence-corrected chi connectivity index (χ3v) is 6.88. The summed E-state index contributed by atoms with van der Waals surface area (Å²) in [5.41, 5.74) is 0.961. The summed E-state index contributed by atoms with van der Waals surface area (Å²) in [6.45, 7) is 0.647. The highest BCUT2D eigenvalue weighted by atomic mass is 35.5. The molecular formula is C24H28ClN5O4. The van der Waals surface area contributed by atoms with Crippen molar-refractivity contribution in [1.29, 1.82) is 5.26 Å². The number of carbonyl (C=O) groups excluding carboxylic acids is 3. The van der Waals surface area contributed by atoms with Crippen LogP contribution < -0.4 is 20.7 Å². The number of rotatable bonds is 10. The maximum absolute atomic E-state index is 13.0. The van der Waals surface area contributed by atoms with Gasteiger partial charge in [-0.05, 0) is 49.8 Å². The first kappa shape index (κ1) is 23.9. The molecule has 3 atom stereocenters. The molecule has 4 rings (SSSR count). The predicted octanol–water partition coefficient (Wildman–Crippen LogP) is 2.65. The molecule has 1 unspecified atom stereocenters. The highest BCUT2D eigenvalue weighted by Gasteiger charge is 2.32. The Morgan fingerprint density at radius 1 is 1.29 bits per heavy atom. The van der Waals surface area contributed by atoms with E-state index in [0.29, 0.717) is 53.4 Å².